The Bertz CT molecular complexity index is 56.9. The van der Waals surface area contributed by atoms with E-state index in [1.807, 2.05) is 0 Å². The van der Waals surface area contributed by atoms with E-state index < -0.39 is 12.9 Å². The van der Waals surface area contributed by atoms with Crippen molar-refractivity contribution in [3.63, 3.8) is 0 Å². The summed E-state index contributed by atoms with van der Waals surface area (Å²) in [5, 5.41) is 26.6. The van der Waals surface area contributed by atoms with Crippen molar-refractivity contribution in [1.29, 1.82) is 0 Å². The molecule has 0 spiro atoms. The third kappa shape index (κ3) is 5.72. The molecule has 0 aromatic carbocycles. The molecule has 0 rings (SSSR count). The van der Waals surface area contributed by atoms with Gasteiger partial charge in [-0.2, -0.15) is 5.11 Å². The number of rotatable bonds is 5. The lowest BCUT2D eigenvalue weighted by Gasteiger charge is -2.04. The normalized spacial score (nSPS) is 13.7. The maximum Gasteiger partial charge on any atom is 0.214 e. The Kier molecular flexibility index (Phi) is 5.86. The van der Waals surface area contributed by atoms with Crippen LogP contribution in [0.5, 0.6) is 0 Å². The second-order valence-corrected chi connectivity index (χ2v) is 1.56. The van der Waals surface area contributed by atoms with Gasteiger partial charge in [0, 0.05) is 6.61 Å². The zero-order valence-electron chi connectivity index (χ0n) is 5.12. The van der Waals surface area contributed by atoms with Gasteiger partial charge < -0.3 is 14.9 Å². The van der Waals surface area contributed by atoms with Crippen molar-refractivity contribution in [1.82, 2.24) is 0 Å². The van der Waals surface area contributed by atoms with E-state index in [-0.39, 0.29) is 13.2 Å². The summed E-state index contributed by atoms with van der Waals surface area (Å²) in [5.74, 6) is 0. The van der Waals surface area contributed by atoms with Crippen LogP contribution in [0.3, 0.4) is 0 Å². The van der Waals surface area contributed by atoms with Crippen LogP contribution >= 0.6 is 0 Å². The monoisotopic (exact) mass is 135 g/mol. The standard InChI is InChI=1S/C5H11O4/c6-2-1-3-9-5(8)4-7/h5-7H,1-4H2. The van der Waals surface area contributed by atoms with Crippen LogP contribution in [0.25, 0.3) is 0 Å². The summed E-state index contributed by atoms with van der Waals surface area (Å²) < 4.78 is 4.47. The molecule has 9 heavy (non-hydrogen) atoms. The quantitative estimate of drug-likeness (QED) is 0.380. The van der Waals surface area contributed by atoms with E-state index in [1.54, 1.807) is 0 Å². The highest BCUT2D eigenvalue weighted by Crippen LogP contribution is 1.87. The summed E-state index contributed by atoms with van der Waals surface area (Å²) in [7, 11) is 0. The largest absolute Gasteiger partial charge is 0.396 e. The number of hydrogen-bond acceptors (Lipinski definition) is 3. The van der Waals surface area contributed by atoms with Crippen LogP contribution in [0.2, 0.25) is 0 Å². The lowest BCUT2D eigenvalue weighted by molar-refractivity contribution is -0.162. The van der Waals surface area contributed by atoms with Crippen LogP contribution in [0, 0.1) is 0 Å². The van der Waals surface area contributed by atoms with Gasteiger partial charge in [0.2, 0.25) is 6.29 Å². The smallest absolute Gasteiger partial charge is 0.214 e. The summed E-state index contributed by atoms with van der Waals surface area (Å²) in [6.07, 6.45) is -0.907. The molecule has 0 heterocycles. The predicted octanol–water partition coefficient (Wildman–Crippen LogP) is -0.866. The summed E-state index contributed by atoms with van der Waals surface area (Å²) in [5.41, 5.74) is 0. The van der Waals surface area contributed by atoms with Crippen molar-refractivity contribution in [3.8, 4) is 0 Å². The fourth-order valence-corrected chi connectivity index (χ4v) is 0.332. The highest BCUT2D eigenvalue weighted by molar-refractivity contribution is 4.35. The number of ether oxygens (including phenoxy) is 1. The Labute approximate surface area is 53.7 Å². The highest BCUT2D eigenvalue weighted by Gasteiger charge is 2.00. The van der Waals surface area contributed by atoms with Gasteiger partial charge in [0.15, 0.2) is 0 Å². The van der Waals surface area contributed by atoms with Gasteiger partial charge in [-0.3, -0.25) is 0 Å². The molecule has 0 aromatic heterocycles. The average molecular weight is 135 g/mol. The van der Waals surface area contributed by atoms with E-state index >= 15 is 0 Å². The fourth-order valence-electron chi connectivity index (χ4n) is 0.332. The first-order valence-corrected chi connectivity index (χ1v) is 2.80. The lowest BCUT2D eigenvalue weighted by atomic mass is 10.5. The van der Waals surface area contributed by atoms with Gasteiger partial charge >= 0.3 is 0 Å². The van der Waals surface area contributed by atoms with Crippen LogP contribution in [-0.2, 0) is 9.84 Å². The molecular weight excluding hydrogens is 124 g/mol. The molecule has 1 unspecified atom stereocenters. The van der Waals surface area contributed by atoms with Gasteiger partial charge in [0.25, 0.3) is 0 Å². The Morgan fingerprint density at radius 2 is 2.11 bits per heavy atom. The first-order chi connectivity index (χ1) is 4.31. The number of aliphatic hydroxyl groups excluding tert-OH is 2. The van der Waals surface area contributed by atoms with Gasteiger partial charge in [-0.15, -0.1) is 0 Å². The van der Waals surface area contributed by atoms with Crippen LogP contribution < -0.4 is 0 Å². The molecule has 0 fully saturated rings. The Morgan fingerprint density at radius 1 is 1.44 bits per heavy atom. The van der Waals surface area contributed by atoms with E-state index in [2.05, 4.69) is 4.74 Å². The second kappa shape index (κ2) is 5.97. The Morgan fingerprint density at radius 3 is 2.56 bits per heavy atom. The molecule has 0 amide bonds. The molecule has 4 nitrogen and oxygen atoms in total. The van der Waals surface area contributed by atoms with E-state index in [0.29, 0.717) is 6.42 Å². The van der Waals surface area contributed by atoms with Crippen molar-refractivity contribution >= 4 is 0 Å². The van der Waals surface area contributed by atoms with E-state index in [1.165, 1.54) is 0 Å². The van der Waals surface area contributed by atoms with Crippen molar-refractivity contribution < 1.29 is 20.1 Å². The molecular formula is C5H11O4. The molecule has 0 aliphatic heterocycles. The zero-order chi connectivity index (χ0) is 7.11. The van der Waals surface area contributed by atoms with Crippen LogP contribution in [0.15, 0.2) is 0 Å². The summed E-state index contributed by atoms with van der Waals surface area (Å²) in [6.45, 7) is -0.283. The molecule has 0 saturated heterocycles. The molecule has 0 aliphatic carbocycles. The number of hydrogen-bond donors (Lipinski definition) is 2. The zero-order valence-corrected chi connectivity index (χ0v) is 5.12. The molecule has 1 radical (unpaired) electrons. The molecule has 1 atom stereocenters. The second-order valence-electron chi connectivity index (χ2n) is 1.56. The predicted molar refractivity (Wildman–Crippen MR) is 29.2 cm³/mol. The third-order valence-electron chi connectivity index (χ3n) is 0.755. The molecule has 0 aliphatic rings. The topological polar surface area (TPSA) is 69.6 Å². The summed E-state index contributed by atoms with van der Waals surface area (Å²) >= 11 is 0. The molecule has 0 bridgehead atoms. The van der Waals surface area contributed by atoms with Crippen LogP contribution in [-0.4, -0.2) is 36.3 Å². The summed E-state index contributed by atoms with van der Waals surface area (Å²) in [4.78, 5) is 0. The molecule has 4 heteroatoms. The third-order valence-corrected chi connectivity index (χ3v) is 0.755. The minimum absolute atomic E-state index is 0.0121. The maximum atomic E-state index is 10.2. The molecule has 0 saturated carbocycles. The van der Waals surface area contributed by atoms with E-state index in [0.717, 1.165) is 0 Å². The van der Waals surface area contributed by atoms with Crippen molar-refractivity contribution in [2.75, 3.05) is 19.8 Å². The maximum absolute atomic E-state index is 10.2. The van der Waals surface area contributed by atoms with Crippen molar-refractivity contribution in [2.45, 2.75) is 12.7 Å². The number of aliphatic hydroxyl groups is 2. The minimum Gasteiger partial charge on any atom is -0.396 e. The fraction of sp³-hybridized carbons (Fsp3) is 1.00. The van der Waals surface area contributed by atoms with Crippen LogP contribution in [0.4, 0.5) is 0 Å². The van der Waals surface area contributed by atoms with Gasteiger partial charge in [0.05, 0.1) is 13.2 Å². The van der Waals surface area contributed by atoms with Crippen molar-refractivity contribution in [2.24, 2.45) is 0 Å². The van der Waals surface area contributed by atoms with Gasteiger partial charge in [-0.25, -0.2) is 0 Å². The average Bonchev–Trinajstić information content (AvgIpc) is 1.89. The Hall–Kier alpha value is -0.160. The Balaban J connectivity index is 2.88. The molecule has 55 valence electrons. The summed E-state index contributed by atoms with van der Waals surface area (Å²) in [6, 6.07) is 0. The highest BCUT2D eigenvalue weighted by atomic mass is 16.6. The van der Waals surface area contributed by atoms with Gasteiger partial charge in [-0.05, 0) is 6.42 Å². The van der Waals surface area contributed by atoms with E-state index in [9.17, 15) is 5.11 Å². The molecule has 2 N–H and O–H groups in total. The van der Waals surface area contributed by atoms with Crippen LogP contribution in [0.1, 0.15) is 6.42 Å². The lowest BCUT2D eigenvalue weighted by Crippen LogP contribution is -2.15. The first kappa shape index (κ1) is 8.84. The minimum atomic E-state index is -1.35. The van der Waals surface area contributed by atoms with Gasteiger partial charge in [0.1, 0.15) is 0 Å². The van der Waals surface area contributed by atoms with E-state index in [4.69, 9.17) is 10.2 Å². The van der Waals surface area contributed by atoms with Gasteiger partial charge in [-0.1, -0.05) is 0 Å². The SMILES string of the molecule is [O]C(CO)OCCCO. The van der Waals surface area contributed by atoms with Crippen molar-refractivity contribution in [3.05, 3.63) is 0 Å². The molecule has 0 aromatic rings. The first-order valence-electron chi connectivity index (χ1n) is 2.80.